The number of carbonyl (C=O) groups excluding carboxylic acids is 2. The van der Waals surface area contributed by atoms with E-state index in [9.17, 15) is 9.59 Å². The Kier molecular flexibility index (Phi) is 5.65. The molecule has 0 unspecified atom stereocenters. The monoisotopic (exact) mass is 406 g/mol. The van der Waals surface area contributed by atoms with Crippen molar-refractivity contribution in [3.05, 3.63) is 65.9 Å². The molecule has 8 heteroatoms. The quantitative estimate of drug-likeness (QED) is 0.629. The minimum Gasteiger partial charge on any atom is -0.454 e. The second-order valence-corrected chi connectivity index (χ2v) is 6.76. The minimum atomic E-state index is -0.308. The van der Waals surface area contributed by atoms with Gasteiger partial charge in [-0.1, -0.05) is 31.2 Å². The molecule has 0 saturated carbocycles. The number of ether oxygens (including phenoxy) is 2. The van der Waals surface area contributed by atoms with E-state index in [1.54, 1.807) is 17.7 Å². The molecule has 1 aliphatic heterocycles. The number of rotatable bonds is 7. The van der Waals surface area contributed by atoms with Gasteiger partial charge >= 0.3 is 0 Å². The fourth-order valence-electron chi connectivity index (χ4n) is 3.09. The number of aromatic nitrogens is 2. The highest BCUT2D eigenvalue weighted by molar-refractivity contribution is 5.95. The molecular weight excluding hydrogens is 384 g/mol. The molecule has 0 fully saturated rings. The zero-order valence-corrected chi connectivity index (χ0v) is 16.6. The summed E-state index contributed by atoms with van der Waals surface area (Å²) in [5.74, 6) is 1.45. The summed E-state index contributed by atoms with van der Waals surface area (Å²) >= 11 is 0. The molecule has 154 valence electrons. The molecule has 2 amide bonds. The number of carbonyl (C=O) groups is 2. The summed E-state index contributed by atoms with van der Waals surface area (Å²) in [6.45, 7) is 2.44. The highest BCUT2D eigenvalue weighted by Crippen LogP contribution is 2.32. The average molecular weight is 406 g/mol. The van der Waals surface area contributed by atoms with Crippen molar-refractivity contribution in [2.24, 2.45) is 0 Å². The van der Waals surface area contributed by atoms with Crippen LogP contribution < -0.4 is 20.1 Å². The van der Waals surface area contributed by atoms with E-state index >= 15 is 0 Å². The SMILES string of the molecule is CCC(=O)Nc1cc(C(=O)NCCc2ccc3c(c2)OCO3)nn1-c1ccccc1. The molecule has 3 aromatic rings. The van der Waals surface area contributed by atoms with Gasteiger partial charge in [0.05, 0.1) is 5.69 Å². The van der Waals surface area contributed by atoms with Crippen molar-refractivity contribution in [2.75, 3.05) is 18.7 Å². The van der Waals surface area contributed by atoms with Crippen LogP contribution in [0, 0.1) is 0 Å². The second-order valence-electron chi connectivity index (χ2n) is 6.76. The Morgan fingerprint density at radius 2 is 1.87 bits per heavy atom. The van der Waals surface area contributed by atoms with Crippen LogP contribution in [0.1, 0.15) is 29.4 Å². The third-order valence-corrected chi connectivity index (χ3v) is 4.67. The summed E-state index contributed by atoms with van der Waals surface area (Å²) in [5.41, 5.74) is 2.02. The maximum Gasteiger partial charge on any atom is 0.271 e. The third-order valence-electron chi connectivity index (χ3n) is 4.67. The Hall–Kier alpha value is -3.81. The van der Waals surface area contributed by atoms with Gasteiger partial charge in [-0.3, -0.25) is 9.59 Å². The first-order valence-electron chi connectivity index (χ1n) is 9.76. The van der Waals surface area contributed by atoms with Gasteiger partial charge < -0.3 is 20.1 Å². The molecule has 2 N–H and O–H groups in total. The summed E-state index contributed by atoms with van der Waals surface area (Å²) < 4.78 is 12.2. The van der Waals surface area contributed by atoms with Crippen molar-refractivity contribution in [3.63, 3.8) is 0 Å². The maximum atomic E-state index is 12.6. The molecule has 8 nitrogen and oxygen atoms in total. The number of hydrogen-bond donors (Lipinski definition) is 2. The lowest BCUT2D eigenvalue weighted by molar-refractivity contribution is -0.115. The fourth-order valence-corrected chi connectivity index (χ4v) is 3.09. The second kappa shape index (κ2) is 8.69. The molecule has 0 saturated heterocycles. The highest BCUT2D eigenvalue weighted by Gasteiger charge is 2.17. The van der Waals surface area contributed by atoms with Gasteiger partial charge in [-0.05, 0) is 36.2 Å². The van der Waals surface area contributed by atoms with Crippen molar-refractivity contribution < 1.29 is 19.1 Å². The normalized spacial score (nSPS) is 11.9. The molecule has 0 spiro atoms. The van der Waals surface area contributed by atoms with Crippen LogP contribution in [-0.2, 0) is 11.2 Å². The lowest BCUT2D eigenvalue weighted by atomic mass is 10.1. The number of hydrogen-bond acceptors (Lipinski definition) is 5. The van der Waals surface area contributed by atoms with Crippen LogP contribution in [0.2, 0.25) is 0 Å². The number of anilines is 1. The van der Waals surface area contributed by atoms with Gasteiger partial charge in [0.25, 0.3) is 5.91 Å². The first kappa shape index (κ1) is 19.5. The van der Waals surface area contributed by atoms with Gasteiger partial charge in [-0.15, -0.1) is 0 Å². The van der Waals surface area contributed by atoms with E-state index in [4.69, 9.17) is 9.47 Å². The molecule has 4 rings (SSSR count). The summed E-state index contributed by atoms with van der Waals surface area (Å²) in [6.07, 6.45) is 0.970. The summed E-state index contributed by atoms with van der Waals surface area (Å²) in [6, 6.07) is 16.6. The lowest BCUT2D eigenvalue weighted by Crippen LogP contribution is -2.26. The Balaban J connectivity index is 1.44. The topological polar surface area (TPSA) is 94.5 Å². The van der Waals surface area contributed by atoms with Crippen LogP contribution in [-0.4, -0.2) is 34.9 Å². The molecule has 0 radical (unpaired) electrons. The molecule has 0 atom stereocenters. The first-order chi connectivity index (χ1) is 14.6. The van der Waals surface area contributed by atoms with Crippen LogP contribution in [0.3, 0.4) is 0 Å². The van der Waals surface area contributed by atoms with Crippen LogP contribution >= 0.6 is 0 Å². The standard InChI is InChI=1S/C22H22N4O4/c1-2-21(27)24-20-13-17(25-26(20)16-6-4-3-5-7-16)22(28)23-11-10-15-8-9-18-19(12-15)30-14-29-18/h3-9,12-13H,2,10-11,14H2,1H3,(H,23,28)(H,24,27). The van der Waals surface area contributed by atoms with Gasteiger partial charge in [-0.25, -0.2) is 4.68 Å². The van der Waals surface area contributed by atoms with Crippen molar-refractivity contribution in [1.82, 2.24) is 15.1 Å². The molecule has 2 aromatic carbocycles. The number of amides is 2. The van der Waals surface area contributed by atoms with Crippen LogP contribution in [0.15, 0.2) is 54.6 Å². The molecule has 0 aliphatic carbocycles. The number of fused-ring (bicyclic) bond motifs is 1. The summed E-state index contributed by atoms with van der Waals surface area (Å²) in [5, 5.41) is 10.1. The molecule has 0 bridgehead atoms. The van der Waals surface area contributed by atoms with E-state index in [2.05, 4.69) is 15.7 Å². The predicted octanol–water partition coefficient (Wildman–Crippen LogP) is 2.92. The van der Waals surface area contributed by atoms with E-state index in [0.29, 0.717) is 25.2 Å². The van der Waals surface area contributed by atoms with Gasteiger partial charge in [0.15, 0.2) is 17.2 Å². The number of nitrogens with one attached hydrogen (secondary N) is 2. The Morgan fingerprint density at radius 3 is 2.67 bits per heavy atom. The lowest BCUT2D eigenvalue weighted by Gasteiger charge is -2.07. The largest absolute Gasteiger partial charge is 0.454 e. The minimum absolute atomic E-state index is 0.151. The fraction of sp³-hybridized carbons (Fsp3) is 0.227. The Bertz CT molecular complexity index is 1060. The van der Waals surface area contributed by atoms with E-state index < -0.39 is 0 Å². The van der Waals surface area contributed by atoms with Crippen LogP contribution in [0.25, 0.3) is 5.69 Å². The first-order valence-corrected chi connectivity index (χ1v) is 9.76. The highest BCUT2D eigenvalue weighted by atomic mass is 16.7. The van der Waals surface area contributed by atoms with Crippen LogP contribution in [0.5, 0.6) is 11.5 Å². The van der Waals surface area contributed by atoms with Crippen molar-refractivity contribution in [3.8, 4) is 17.2 Å². The zero-order chi connectivity index (χ0) is 20.9. The van der Waals surface area contributed by atoms with Crippen molar-refractivity contribution >= 4 is 17.6 Å². The van der Waals surface area contributed by atoms with E-state index in [-0.39, 0.29) is 24.3 Å². The number of benzene rings is 2. The van der Waals surface area contributed by atoms with Crippen molar-refractivity contribution in [2.45, 2.75) is 19.8 Å². The average Bonchev–Trinajstić information content (AvgIpc) is 3.41. The smallest absolute Gasteiger partial charge is 0.271 e. The Morgan fingerprint density at radius 1 is 1.07 bits per heavy atom. The van der Waals surface area contributed by atoms with Gasteiger partial charge in [-0.2, -0.15) is 5.10 Å². The Labute approximate surface area is 173 Å². The van der Waals surface area contributed by atoms with Gasteiger partial charge in [0.1, 0.15) is 5.82 Å². The van der Waals surface area contributed by atoms with Crippen molar-refractivity contribution in [1.29, 1.82) is 0 Å². The number of para-hydroxylation sites is 1. The van der Waals surface area contributed by atoms with Crippen LogP contribution in [0.4, 0.5) is 5.82 Å². The molecule has 1 aliphatic rings. The molecular formula is C22H22N4O4. The maximum absolute atomic E-state index is 12.6. The summed E-state index contributed by atoms with van der Waals surface area (Å²) in [4.78, 5) is 24.5. The molecule has 30 heavy (non-hydrogen) atoms. The third kappa shape index (κ3) is 4.27. The van der Waals surface area contributed by atoms with Gasteiger partial charge in [0, 0.05) is 19.0 Å². The predicted molar refractivity (Wildman–Crippen MR) is 111 cm³/mol. The van der Waals surface area contributed by atoms with E-state index in [0.717, 1.165) is 22.7 Å². The van der Waals surface area contributed by atoms with E-state index in [1.165, 1.54) is 0 Å². The molecule has 2 heterocycles. The van der Waals surface area contributed by atoms with E-state index in [1.807, 2.05) is 48.5 Å². The summed E-state index contributed by atoms with van der Waals surface area (Å²) in [7, 11) is 0. The molecule has 1 aromatic heterocycles. The zero-order valence-electron chi connectivity index (χ0n) is 16.6. The van der Waals surface area contributed by atoms with Gasteiger partial charge in [0.2, 0.25) is 12.7 Å². The number of nitrogens with zero attached hydrogens (tertiary/aromatic N) is 2.